The van der Waals surface area contributed by atoms with E-state index in [1.807, 2.05) is 67.5 Å². The van der Waals surface area contributed by atoms with E-state index in [9.17, 15) is 0 Å². The smallest absolute Gasteiger partial charge is 0.247 e. The van der Waals surface area contributed by atoms with Gasteiger partial charge in [0.2, 0.25) is 11.8 Å². The van der Waals surface area contributed by atoms with Crippen molar-refractivity contribution in [3.63, 3.8) is 0 Å². The quantitative estimate of drug-likeness (QED) is 0.608. The van der Waals surface area contributed by atoms with Crippen molar-refractivity contribution >= 4 is 11.6 Å². The number of ether oxygens (including phenoxy) is 1. The molecule has 1 fully saturated rings. The maximum atomic E-state index is 6.35. The number of likely N-dealkylation sites (tertiary alicyclic amines) is 1. The molecule has 28 heavy (non-hydrogen) atoms. The lowest BCUT2D eigenvalue weighted by atomic mass is 10.1. The van der Waals surface area contributed by atoms with Gasteiger partial charge in [-0.05, 0) is 43.9 Å². The molecule has 0 spiro atoms. The predicted octanol–water partition coefficient (Wildman–Crippen LogP) is 3.60. The molecule has 3 aromatic rings. The first-order valence-electron chi connectivity index (χ1n) is 9.07. The Kier molecular flexibility index (Phi) is 5.62. The monoisotopic (exact) mass is 396 g/mol. The summed E-state index contributed by atoms with van der Waals surface area (Å²) in [5.41, 5.74) is 1.98. The first-order chi connectivity index (χ1) is 13.6. The van der Waals surface area contributed by atoms with E-state index in [4.69, 9.17) is 20.8 Å². The highest BCUT2D eigenvalue weighted by molar-refractivity contribution is 6.31. The van der Waals surface area contributed by atoms with Crippen LogP contribution in [0.5, 0.6) is 5.75 Å². The van der Waals surface area contributed by atoms with Crippen molar-refractivity contribution < 1.29 is 9.15 Å². The second-order valence-electron chi connectivity index (χ2n) is 7.03. The minimum absolute atomic E-state index is 0.0831. The summed E-state index contributed by atoms with van der Waals surface area (Å²) in [4.78, 5) is 4.05. The number of rotatable bonds is 7. The third-order valence-corrected chi connectivity index (χ3v) is 4.71. The second-order valence-corrected chi connectivity index (χ2v) is 7.43. The van der Waals surface area contributed by atoms with Gasteiger partial charge in [-0.25, -0.2) is 0 Å². The fraction of sp³-hybridized carbons (Fsp3) is 0.286. The third kappa shape index (κ3) is 4.52. The first kappa shape index (κ1) is 18.9. The summed E-state index contributed by atoms with van der Waals surface area (Å²) in [7, 11) is 4.03. The molecule has 1 aliphatic heterocycles. The van der Waals surface area contributed by atoms with Crippen molar-refractivity contribution in [3.8, 4) is 17.2 Å². The van der Waals surface area contributed by atoms with Crippen LogP contribution in [0.15, 0.2) is 52.9 Å². The molecule has 7 heteroatoms. The molecule has 0 amide bonds. The number of aromatic nitrogens is 2. The number of nitrogens with zero attached hydrogens (tertiary/aromatic N) is 4. The normalized spacial score (nSPS) is 15.0. The van der Waals surface area contributed by atoms with Crippen LogP contribution in [0.25, 0.3) is 11.5 Å². The summed E-state index contributed by atoms with van der Waals surface area (Å²) >= 11 is 6.35. The van der Waals surface area contributed by atoms with Gasteiger partial charge in [0, 0.05) is 30.2 Å². The Morgan fingerprint density at radius 1 is 1.18 bits per heavy atom. The van der Waals surface area contributed by atoms with Gasteiger partial charge in [-0.15, -0.1) is 10.2 Å². The van der Waals surface area contributed by atoms with Crippen molar-refractivity contribution in [1.29, 1.82) is 0 Å². The van der Waals surface area contributed by atoms with Gasteiger partial charge in [0.25, 0.3) is 0 Å². The van der Waals surface area contributed by atoms with E-state index >= 15 is 0 Å². The lowest BCUT2D eigenvalue weighted by Crippen LogP contribution is -2.52. The van der Waals surface area contributed by atoms with Crippen molar-refractivity contribution in [2.45, 2.75) is 12.6 Å². The highest BCUT2D eigenvalue weighted by atomic mass is 35.5. The average Bonchev–Trinajstić information content (AvgIpc) is 3.11. The topological polar surface area (TPSA) is 54.6 Å². The van der Waals surface area contributed by atoms with E-state index in [1.165, 1.54) is 0 Å². The van der Waals surface area contributed by atoms with Crippen LogP contribution in [-0.4, -0.2) is 53.3 Å². The Labute approximate surface area is 169 Å². The Morgan fingerprint density at radius 3 is 2.68 bits per heavy atom. The summed E-state index contributed by atoms with van der Waals surface area (Å²) in [5.74, 6) is 1.64. The van der Waals surface area contributed by atoms with Gasteiger partial charge >= 0.3 is 0 Å². The Balaban J connectivity index is 1.27. The fourth-order valence-corrected chi connectivity index (χ4v) is 3.20. The van der Waals surface area contributed by atoms with Crippen LogP contribution in [-0.2, 0) is 6.54 Å². The molecule has 0 saturated carbocycles. The largest absolute Gasteiger partial charge is 0.488 e. The molecule has 0 aliphatic carbocycles. The van der Waals surface area contributed by atoms with Gasteiger partial charge in [0.05, 0.1) is 0 Å². The molecule has 2 aromatic carbocycles. The molecule has 1 aromatic heterocycles. The fourth-order valence-electron chi connectivity index (χ4n) is 2.97. The minimum atomic E-state index is 0.0831. The number of hydrogen-bond donors (Lipinski definition) is 0. The molecular formula is C21H21ClN4O2. The molecule has 0 bridgehead atoms. The Bertz CT molecular complexity index is 923. The molecule has 4 rings (SSSR count). The molecule has 0 unspecified atom stereocenters. The van der Waals surface area contributed by atoms with Gasteiger partial charge in [-0.1, -0.05) is 35.9 Å². The SMILES string of the molecule is CN(C)Cc1ccc(OC2CN([C]c3nnc(-c4ccccc4)o3)C2)cc1Cl. The lowest BCUT2D eigenvalue weighted by Gasteiger charge is -2.37. The van der Waals surface area contributed by atoms with Gasteiger partial charge in [-0.2, -0.15) is 0 Å². The van der Waals surface area contributed by atoms with E-state index < -0.39 is 0 Å². The minimum Gasteiger partial charge on any atom is -0.488 e. The van der Waals surface area contributed by atoms with Crippen LogP contribution in [0.3, 0.4) is 0 Å². The first-order valence-corrected chi connectivity index (χ1v) is 9.45. The Morgan fingerprint density at radius 2 is 1.96 bits per heavy atom. The maximum Gasteiger partial charge on any atom is 0.247 e. The predicted molar refractivity (Wildman–Crippen MR) is 107 cm³/mol. The van der Waals surface area contributed by atoms with Crippen LogP contribution in [0.2, 0.25) is 5.02 Å². The lowest BCUT2D eigenvalue weighted by molar-refractivity contribution is 0.0409. The summed E-state index contributed by atoms with van der Waals surface area (Å²) in [5, 5.41) is 8.83. The maximum absolute atomic E-state index is 6.35. The number of benzene rings is 2. The van der Waals surface area contributed by atoms with Crippen molar-refractivity contribution in [2.24, 2.45) is 0 Å². The van der Waals surface area contributed by atoms with E-state index in [2.05, 4.69) is 21.6 Å². The van der Waals surface area contributed by atoms with E-state index in [0.717, 1.165) is 28.4 Å². The van der Waals surface area contributed by atoms with Crippen molar-refractivity contribution in [1.82, 2.24) is 20.0 Å². The Hall–Kier alpha value is -2.41. The highest BCUT2D eigenvalue weighted by Gasteiger charge is 2.31. The molecule has 1 aliphatic rings. The van der Waals surface area contributed by atoms with Crippen molar-refractivity contribution in [2.75, 3.05) is 27.2 Å². The van der Waals surface area contributed by atoms with E-state index in [1.54, 1.807) is 0 Å². The van der Waals surface area contributed by atoms with Gasteiger partial charge in [0.1, 0.15) is 11.9 Å². The average molecular weight is 397 g/mol. The van der Waals surface area contributed by atoms with Crippen molar-refractivity contribution in [3.05, 3.63) is 71.6 Å². The van der Waals surface area contributed by atoms with E-state index in [0.29, 0.717) is 24.9 Å². The molecular weight excluding hydrogens is 376 g/mol. The van der Waals surface area contributed by atoms with E-state index in [-0.39, 0.29) is 6.10 Å². The summed E-state index contributed by atoms with van der Waals surface area (Å²) in [6.45, 7) is 5.33. The van der Waals surface area contributed by atoms with Crippen LogP contribution >= 0.6 is 11.6 Å². The summed E-state index contributed by atoms with van der Waals surface area (Å²) < 4.78 is 11.6. The van der Waals surface area contributed by atoms with Gasteiger partial charge in [0.15, 0.2) is 6.54 Å². The molecule has 2 heterocycles. The molecule has 0 N–H and O–H groups in total. The zero-order valence-electron chi connectivity index (χ0n) is 15.8. The number of halogens is 1. The second kappa shape index (κ2) is 8.31. The van der Waals surface area contributed by atoms with Crippen LogP contribution < -0.4 is 4.74 Å². The van der Waals surface area contributed by atoms with Crippen LogP contribution in [0, 0.1) is 6.54 Å². The molecule has 6 nitrogen and oxygen atoms in total. The molecule has 1 saturated heterocycles. The third-order valence-electron chi connectivity index (χ3n) is 4.36. The summed E-state index contributed by atoms with van der Waals surface area (Å²) in [6.07, 6.45) is 0.0831. The zero-order valence-corrected chi connectivity index (χ0v) is 16.6. The standard InChI is InChI=1S/C21H21ClN4O2/c1-25(2)11-16-8-9-17(10-19(16)22)27-18-12-26(13-18)14-20-23-24-21(28-20)15-6-4-3-5-7-15/h3-10,18H,11-13H2,1-2H3. The van der Waals surface area contributed by atoms with Crippen LogP contribution in [0.1, 0.15) is 11.5 Å². The molecule has 144 valence electrons. The van der Waals surface area contributed by atoms with Gasteiger partial charge < -0.3 is 14.1 Å². The van der Waals surface area contributed by atoms with Crippen LogP contribution in [0.4, 0.5) is 0 Å². The highest BCUT2D eigenvalue weighted by Crippen LogP contribution is 2.27. The zero-order chi connectivity index (χ0) is 19.5. The molecule has 2 radical (unpaired) electrons. The summed E-state index contributed by atoms with van der Waals surface area (Å²) in [6, 6.07) is 15.5. The molecule has 0 atom stereocenters. The number of hydrogen-bond acceptors (Lipinski definition) is 6. The van der Waals surface area contributed by atoms with Gasteiger partial charge in [-0.3, -0.25) is 4.90 Å².